The summed E-state index contributed by atoms with van der Waals surface area (Å²) in [5.41, 5.74) is 5.59. The van der Waals surface area contributed by atoms with Gasteiger partial charge in [0.2, 0.25) is 5.88 Å². The summed E-state index contributed by atoms with van der Waals surface area (Å²) in [6, 6.07) is 0. The van der Waals surface area contributed by atoms with E-state index in [0.29, 0.717) is 12.4 Å². The molecule has 0 aliphatic carbocycles. The molecule has 0 bridgehead atoms. The van der Waals surface area contributed by atoms with Gasteiger partial charge in [-0.3, -0.25) is 4.98 Å². The Bertz CT molecular complexity index is 306. The number of methoxy groups -OCH3 is 1. The molecule has 90 valence electrons. The van der Waals surface area contributed by atoms with Crippen molar-refractivity contribution in [3.63, 3.8) is 0 Å². The average Bonchev–Trinajstić information content (AvgIpc) is 2.34. The van der Waals surface area contributed by atoms with Crippen molar-refractivity contribution in [2.75, 3.05) is 31.6 Å². The van der Waals surface area contributed by atoms with Crippen molar-refractivity contribution in [2.24, 2.45) is 5.73 Å². The molecular weight excluding hydrogens is 204 g/mol. The predicted octanol–water partition coefficient (Wildman–Crippen LogP) is 1.05. The van der Waals surface area contributed by atoms with Gasteiger partial charge in [-0.25, -0.2) is 0 Å². The summed E-state index contributed by atoms with van der Waals surface area (Å²) in [5.74, 6) is 1.37. The Kier molecular flexibility index (Phi) is 5.56. The molecular formula is C11H20N4O. The minimum Gasteiger partial charge on any atom is -0.480 e. The second-order valence-corrected chi connectivity index (χ2v) is 3.55. The summed E-state index contributed by atoms with van der Waals surface area (Å²) in [6.45, 7) is 4.53. The highest BCUT2D eigenvalue weighted by Crippen LogP contribution is 2.13. The third kappa shape index (κ3) is 3.66. The largest absolute Gasteiger partial charge is 0.480 e. The Morgan fingerprint density at radius 2 is 2.19 bits per heavy atom. The number of aromatic nitrogens is 2. The van der Waals surface area contributed by atoms with E-state index in [0.717, 1.165) is 31.7 Å². The van der Waals surface area contributed by atoms with E-state index in [1.54, 1.807) is 19.5 Å². The van der Waals surface area contributed by atoms with Crippen LogP contribution in [0.4, 0.5) is 5.82 Å². The highest BCUT2D eigenvalue weighted by atomic mass is 16.5. The van der Waals surface area contributed by atoms with Crippen LogP contribution in [0.2, 0.25) is 0 Å². The monoisotopic (exact) mass is 224 g/mol. The predicted molar refractivity (Wildman–Crippen MR) is 64.8 cm³/mol. The lowest BCUT2D eigenvalue weighted by Crippen LogP contribution is -2.31. The highest BCUT2D eigenvalue weighted by molar-refractivity contribution is 5.37. The fraction of sp³-hybridized carbons (Fsp3) is 0.636. The molecule has 0 unspecified atom stereocenters. The Morgan fingerprint density at radius 1 is 1.38 bits per heavy atom. The molecule has 0 amide bonds. The van der Waals surface area contributed by atoms with Crippen LogP contribution in [-0.4, -0.2) is 36.7 Å². The Hall–Kier alpha value is -1.36. The van der Waals surface area contributed by atoms with Gasteiger partial charge in [0.15, 0.2) is 5.82 Å². The van der Waals surface area contributed by atoms with Crippen LogP contribution in [0.15, 0.2) is 12.4 Å². The first-order valence-corrected chi connectivity index (χ1v) is 5.62. The smallest absolute Gasteiger partial charge is 0.233 e. The van der Waals surface area contributed by atoms with E-state index in [9.17, 15) is 0 Å². The van der Waals surface area contributed by atoms with Crippen molar-refractivity contribution in [1.82, 2.24) is 9.97 Å². The number of unbranched alkanes of at least 4 members (excludes halogenated alkanes) is 1. The lowest BCUT2D eigenvalue weighted by atomic mass is 10.3. The second kappa shape index (κ2) is 7.00. The van der Waals surface area contributed by atoms with E-state index in [1.165, 1.54) is 0 Å². The second-order valence-electron chi connectivity index (χ2n) is 3.55. The molecule has 1 rings (SSSR count). The van der Waals surface area contributed by atoms with Gasteiger partial charge in [-0.05, 0) is 6.42 Å². The van der Waals surface area contributed by atoms with Crippen LogP contribution in [0.3, 0.4) is 0 Å². The molecule has 1 aromatic rings. The summed E-state index contributed by atoms with van der Waals surface area (Å²) in [4.78, 5) is 10.6. The molecule has 2 N–H and O–H groups in total. The van der Waals surface area contributed by atoms with Crippen molar-refractivity contribution >= 4 is 5.82 Å². The Labute approximate surface area is 96.6 Å². The molecule has 1 heterocycles. The highest BCUT2D eigenvalue weighted by Gasteiger charge is 2.07. The van der Waals surface area contributed by atoms with Crippen LogP contribution in [0, 0.1) is 0 Å². The molecule has 0 aromatic carbocycles. The standard InChI is InChI=1S/C11H20N4O/c1-3-4-6-15(7-5-12)10-8-13-9-11(14-10)16-2/h8-9H,3-7,12H2,1-2H3. The maximum absolute atomic E-state index is 5.59. The Morgan fingerprint density at radius 3 is 2.81 bits per heavy atom. The first-order valence-electron chi connectivity index (χ1n) is 5.62. The summed E-state index contributed by atoms with van der Waals surface area (Å²) >= 11 is 0. The summed E-state index contributed by atoms with van der Waals surface area (Å²) < 4.78 is 5.06. The van der Waals surface area contributed by atoms with E-state index in [4.69, 9.17) is 10.5 Å². The lowest BCUT2D eigenvalue weighted by Gasteiger charge is -2.22. The van der Waals surface area contributed by atoms with Crippen LogP contribution in [0.25, 0.3) is 0 Å². The van der Waals surface area contributed by atoms with Gasteiger partial charge in [0.05, 0.1) is 19.5 Å². The van der Waals surface area contributed by atoms with Gasteiger partial charge in [-0.15, -0.1) is 0 Å². The number of nitrogens with two attached hydrogens (primary N) is 1. The molecule has 0 aliphatic heterocycles. The first kappa shape index (κ1) is 12.7. The van der Waals surface area contributed by atoms with Crippen LogP contribution >= 0.6 is 0 Å². The van der Waals surface area contributed by atoms with E-state index in [-0.39, 0.29) is 0 Å². The average molecular weight is 224 g/mol. The van der Waals surface area contributed by atoms with Gasteiger partial charge in [0.1, 0.15) is 0 Å². The normalized spacial score (nSPS) is 10.2. The topological polar surface area (TPSA) is 64.3 Å². The molecule has 0 radical (unpaired) electrons. The number of hydrogen-bond acceptors (Lipinski definition) is 5. The SMILES string of the molecule is CCCCN(CCN)c1cncc(OC)n1. The number of rotatable bonds is 7. The molecule has 5 heteroatoms. The van der Waals surface area contributed by atoms with Crippen LogP contribution in [0.1, 0.15) is 19.8 Å². The Balaban J connectivity index is 2.73. The van der Waals surface area contributed by atoms with Gasteiger partial charge >= 0.3 is 0 Å². The molecule has 0 saturated carbocycles. The van der Waals surface area contributed by atoms with Crippen LogP contribution in [-0.2, 0) is 0 Å². The summed E-state index contributed by atoms with van der Waals surface area (Å²) in [5, 5.41) is 0. The summed E-state index contributed by atoms with van der Waals surface area (Å²) in [7, 11) is 1.59. The van der Waals surface area contributed by atoms with Gasteiger partial charge in [-0.1, -0.05) is 13.3 Å². The molecule has 0 aliphatic rings. The quantitative estimate of drug-likeness (QED) is 0.750. The fourth-order valence-corrected chi connectivity index (χ4v) is 1.43. The van der Waals surface area contributed by atoms with E-state index >= 15 is 0 Å². The maximum atomic E-state index is 5.59. The number of ether oxygens (including phenoxy) is 1. The van der Waals surface area contributed by atoms with E-state index in [1.807, 2.05) is 0 Å². The van der Waals surface area contributed by atoms with Gasteiger partial charge < -0.3 is 15.4 Å². The molecule has 16 heavy (non-hydrogen) atoms. The van der Waals surface area contributed by atoms with Crippen LogP contribution in [0.5, 0.6) is 5.88 Å². The molecule has 0 fully saturated rings. The molecule has 5 nitrogen and oxygen atoms in total. The molecule has 0 saturated heterocycles. The third-order valence-corrected chi connectivity index (χ3v) is 2.31. The first-order chi connectivity index (χ1) is 7.81. The minimum absolute atomic E-state index is 0.538. The van der Waals surface area contributed by atoms with Crippen molar-refractivity contribution in [2.45, 2.75) is 19.8 Å². The van der Waals surface area contributed by atoms with Gasteiger partial charge in [-0.2, -0.15) is 4.98 Å². The number of anilines is 1. The summed E-state index contributed by atoms with van der Waals surface area (Å²) in [6.07, 6.45) is 5.62. The molecule has 0 atom stereocenters. The van der Waals surface area contributed by atoms with E-state index in [2.05, 4.69) is 21.8 Å². The van der Waals surface area contributed by atoms with Crippen molar-refractivity contribution in [1.29, 1.82) is 0 Å². The zero-order valence-corrected chi connectivity index (χ0v) is 10.0. The minimum atomic E-state index is 0.538. The van der Waals surface area contributed by atoms with Gasteiger partial charge in [0, 0.05) is 19.6 Å². The van der Waals surface area contributed by atoms with Crippen molar-refractivity contribution < 1.29 is 4.74 Å². The van der Waals surface area contributed by atoms with Gasteiger partial charge in [0.25, 0.3) is 0 Å². The van der Waals surface area contributed by atoms with Crippen molar-refractivity contribution in [3.8, 4) is 5.88 Å². The third-order valence-electron chi connectivity index (χ3n) is 2.31. The maximum Gasteiger partial charge on any atom is 0.233 e. The molecule has 1 aromatic heterocycles. The lowest BCUT2D eigenvalue weighted by molar-refractivity contribution is 0.395. The fourth-order valence-electron chi connectivity index (χ4n) is 1.43. The zero-order valence-electron chi connectivity index (χ0n) is 10.0. The number of nitrogens with zero attached hydrogens (tertiary/aromatic N) is 3. The number of hydrogen-bond donors (Lipinski definition) is 1. The van der Waals surface area contributed by atoms with Crippen molar-refractivity contribution in [3.05, 3.63) is 12.4 Å². The van der Waals surface area contributed by atoms with Crippen LogP contribution < -0.4 is 15.4 Å². The molecule has 0 spiro atoms. The zero-order chi connectivity index (χ0) is 11.8. The van der Waals surface area contributed by atoms with E-state index < -0.39 is 0 Å².